The topological polar surface area (TPSA) is 54.3 Å². The third-order valence-electron chi connectivity index (χ3n) is 4.81. The first-order valence-corrected chi connectivity index (χ1v) is 10.3. The molecule has 23 heavy (non-hydrogen) atoms. The van der Waals surface area contributed by atoms with Crippen molar-refractivity contribution >= 4 is 39.8 Å². The van der Waals surface area contributed by atoms with Gasteiger partial charge in [-0.1, -0.05) is 35.7 Å². The molecule has 0 unspecified atom stereocenters. The minimum absolute atomic E-state index is 0.0270. The summed E-state index contributed by atoms with van der Waals surface area (Å²) in [4.78, 5) is 24.2. The first-order chi connectivity index (χ1) is 11.3. The van der Waals surface area contributed by atoms with E-state index < -0.39 is 0 Å². The highest BCUT2D eigenvalue weighted by molar-refractivity contribution is 8.16. The summed E-state index contributed by atoms with van der Waals surface area (Å²) >= 11 is 3.59. The second-order valence-electron chi connectivity index (χ2n) is 6.14. The minimum Gasteiger partial charge on any atom is -0.466 e. The van der Waals surface area contributed by atoms with Gasteiger partial charge in [-0.25, -0.2) is 0 Å². The summed E-state index contributed by atoms with van der Waals surface area (Å²) in [6, 6.07) is 0.0270. The average Bonchev–Trinajstić information content (AvgIpc) is 3.31. The summed E-state index contributed by atoms with van der Waals surface area (Å²) in [6.45, 7) is 4.17. The summed E-state index contributed by atoms with van der Waals surface area (Å²) in [6.07, 6.45) is 5.45. The number of allylic oxidation sites excluding steroid dienone is 1. The zero-order valence-corrected chi connectivity index (χ0v) is 14.8. The van der Waals surface area contributed by atoms with Crippen LogP contribution in [0.5, 0.6) is 0 Å². The molecule has 0 aromatic rings. The number of hydrogen-bond acceptors (Lipinski definition) is 6. The van der Waals surface area contributed by atoms with E-state index >= 15 is 0 Å². The van der Waals surface area contributed by atoms with Crippen molar-refractivity contribution in [2.75, 3.05) is 31.2 Å². The molecule has 5 nitrogen and oxygen atoms in total. The maximum absolute atomic E-state index is 12.4. The van der Waals surface area contributed by atoms with Crippen molar-refractivity contribution in [3.05, 3.63) is 12.2 Å². The highest BCUT2D eigenvalue weighted by atomic mass is 32.2. The van der Waals surface area contributed by atoms with Crippen LogP contribution in [-0.2, 0) is 9.53 Å². The monoisotopic (exact) mass is 351 g/mol. The molecule has 0 aromatic heterocycles. The van der Waals surface area contributed by atoms with Crippen LogP contribution in [0.2, 0.25) is 0 Å². The molecule has 2 bridgehead atoms. The van der Waals surface area contributed by atoms with Crippen LogP contribution in [0.1, 0.15) is 13.3 Å². The Hall–Kier alpha value is -0.950. The molecule has 1 saturated carbocycles. The number of nitrogens with zero attached hydrogens (tertiary/aromatic N) is 3. The summed E-state index contributed by atoms with van der Waals surface area (Å²) in [5.41, 5.74) is 0. The van der Waals surface area contributed by atoms with Crippen molar-refractivity contribution in [3.63, 3.8) is 0 Å². The molecule has 4 aliphatic rings. The number of rotatable bonds is 3. The molecule has 0 amide bonds. The minimum atomic E-state index is -0.112. The lowest BCUT2D eigenvalue weighted by Gasteiger charge is -2.25. The summed E-state index contributed by atoms with van der Waals surface area (Å²) in [5, 5.41) is 2.14. The number of carbonyl (C=O) groups excluding carboxylic acids is 1. The highest BCUT2D eigenvalue weighted by Crippen LogP contribution is 2.46. The lowest BCUT2D eigenvalue weighted by atomic mass is 9.89. The molecule has 0 spiro atoms. The van der Waals surface area contributed by atoms with Crippen LogP contribution in [0, 0.1) is 17.8 Å². The Morgan fingerprint density at radius 1 is 1.39 bits per heavy atom. The number of aliphatic imine (C=N–C) groups is 2. The average molecular weight is 351 g/mol. The molecular weight excluding hydrogens is 330 g/mol. The van der Waals surface area contributed by atoms with Gasteiger partial charge in [-0.15, -0.1) is 0 Å². The van der Waals surface area contributed by atoms with Gasteiger partial charge in [0.2, 0.25) is 0 Å². The van der Waals surface area contributed by atoms with Gasteiger partial charge in [0.15, 0.2) is 10.3 Å². The lowest BCUT2D eigenvalue weighted by molar-refractivity contribution is -0.149. The maximum Gasteiger partial charge on any atom is 0.311 e. The van der Waals surface area contributed by atoms with Crippen molar-refractivity contribution in [1.29, 1.82) is 0 Å². The van der Waals surface area contributed by atoms with E-state index in [0.29, 0.717) is 18.4 Å². The van der Waals surface area contributed by atoms with Gasteiger partial charge in [0, 0.05) is 24.0 Å². The van der Waals surface area contributed by atoms with Crippen LogP contribution in [-0.4, -0.2) is 58.4 Å². The van der Waals surface area contributed by atoms with E-state index in [1.165, 1.54) is 0 Å². The van der Waals surface area contributed by atoms with Gasteiger partial charge < -0.3 is 4.74 Å². The molecule has 0 N–H and O–H groups in total. The van der Waals surface area contributed by atoms with Gasteiger partial charge >= 0.3 is 5.97 Å². The van der Waals surface area contributed by atoms with E-state index in [-0.39, 0.29) is 17.9 Å². The van der Waals surface area contributed by atoms with Crippen molar-refractivity contribution in [1.82, 2.24) is 4.90 Å². The Labute approximate surface area is 145 Å². The second-order valence-corrected chi connectivity index (χ2v) is 8.27. The normalized spacial score (nSPS) is 37.0. The molecule has 2 aliphatic heterocycles. The second kappa shape index (κ2) is 6.51. The number of fused-ring (bicyclic) bond motifs is 2. The first kappa shape index (κ1) is 15.6. The zero-order chi connectivity index (χ0) is 15.8. The third kappa shape index (κ3) is 2.82. The number of carbonyl (C=O) groups is 1. The number of thioether (sulfide) groups is 2. The van der Waals surface area contributed by atoms with Crippen LogP contribution in [0.15, 0.2) is 22.1 Å². The zero-order valence-electron chi connectivity index (χ0n) is 13.2. The van der Waals surface area contributed by atoms with Gasteiger partial charge in [0.25, 0.3) is 0 Å². The Morgan fingerprint density at radius 2 is 2.26 bits per heavy atom. The van der Waals surface area contributed by atoms with Crippen molar-refractivity contribution < 1.29 is 9.53 Å². The predicted molar refractivity (Wildman–Crippen MR) is 96.0 cm³/mol. The quantitative estimate of drug-likeness (QED) is 0.577. The smallest absolute Gasteiger partial charge is 0.311 e. The van der Waals surface area contributed by atoms with Crippen LogP contribution < -0.4 is 0 Å². The van der Waals surface area contributed by atoms with E-state index in [1.54, 1.807) is 11.8 Å². The standard InChI is InChI=1S/C16H21N3O2S2/c1-2-21-14(20)12-10-3-4-11(9-10)13(12)18-16-19(6-8-23-16)15-17-5-7-22-15/h3-4,10-13H,2,5-9H2,1H3/t10-,11+,12-,13+/m0/s1. The molecule has 7 heteroatoms. The van der Waals surface area contributed by atoms with Crippen LogP contribution in [0.3, 0.4) is 0 Å². The van der Waals surface area contributed by atoms with E-state index in [0.717, 1.165) is 41.4 Å². The molecule has 2 aliphatic carbocycles. The van der Waals surface area contributed by atoms with Crippen LogP contribution in [0.25, 0.3) is 0 Å². The predicted octanol–water partition coefficient (Wildman–Crippen LogP) is 2.25. The van der Waals surface area contributed by atoms with Crippen molar-refractivity contribution in [3.8, 4) is 0 Å². The van der Waals surface area contributed by atoms with Gasteiger partial charge in [-0.05, 0) is 19.3 Å². The highest BCUT2D eigenvalue weighted by Gasteiger charge is 2.49. The molecule has 4 atom stereocenters. The van der Waals surface area contributed by atoms with Crippen molar-refractivity contribution in [2.24, 2.45) is 27.7 Å². The number of hydrogen-bond donors (Lipinski definition) is 0. The Kier molecular flexibility index (Phi) is 4.41. The van der Waals surface area contributed by atoms with E-state index in [2.05, 4.69) is 22.0 Å². The van der Waals surface area contributed by atoms with E-state index in [1.807, 2.05) is 18.7 Å². The molecule has 4 rings (SSSR count). The number of ether oxygens (including phenoxy) is 1. The fourth-order valence-electron chi connectivity index (χ4n) is 3.83. The lowest BCUT2D eigenvalue weighted by Crippen LogP contribution is -2.35. The molecule has 1 saturated heterocycles. The fourth-order valence-corrected chi connectivity index (χ4v) is 5.75. The SMILES string of the molecule is CCOC(=O)[C@@H]1[C@H](N=C2SCCN2C2=NCCS2)[C@@H]2C=C[C@H]1C2. The summed E-state index contributed by atoms with van der Waals surface area (Å²) in [5.74, 6) is 2.58. The van der Waals surface area contributed by atoms with Crippen LogP contribution in [0.4, 0.5) is 0 Å². The van der Waals surface area contributed by atoms with E-state index in [9.17, 15) is 4.79 Å². The molecule has 0 radical (unpaired) electrons. The molecular formula is C16H21N3O2S2. The fraction of sp³-hybridized carbons (Fsp3) is 0.688. The molecule has 124 valence electrons. The largest absolute Gasteiger partial charge is 0.466 e. The Bertz CT molecular complexity index is 590. The first-order valence-electron chi connectivity index (χ1n) is 8.28. The number of esters is 1. The van der Waals surface area contributed by atoms with Crippen LogP contribution >= 0.6 is 23.5 Å². The number of amidine groups is 2. The summed E-state index contributed by atoms with van der Waals surface area (Å²) < 4.78 is 5.31. The van der Waals surface area contributed by atoms with Gasteiger partial charge in [-0.2, -0.15) is 0 Å². The van der Waals surface area contributed by atoms with E-state index in [4.69, 9.17) is 9.73 Å². The third-order valence-corrected chi connectivity index (χ3v) is 6.78. The Balaban J connectivity index is 1.58. The molecule has 2 fully saturated rings. The van der Waals surface area contributed by atoms with Gasteiger partial charge in [0.1, 0.15) is 0 Å². The summed E-state index contributed by atoms with van der Waals surface area (Å²) in [7, 11) is 0. The van der Waals surface area contributed by atoms with Gasteiger partial charge in [0.05, 0.1) is 25.1 Å². The molecule has 2 heterocycles. The van der Waals surface area contributed by atoms with Gasteiger partial charge in [-0.3, -0.25) is 19.7 Å². The van der Waals surface area contributed by atoms with Crippen molar-refractivity contribution in [2.45, 2.75) is 19.4 Å². The molecule has 0 aromatic carbocycles. The Morgan fingerprint density at radius 3 is 3.04 bits per heavy atom. The maximum atomic E-state index is 12.4.